The second-order valence-electron chi connectivity index (χ2n) is 7.71. The smallest absolute Gasteiger partial charge is 0.333 e. The first-order valence-corrected chi connectivity index (χ1v) is 11.4. The Kier molecular flexibility index (Phi) is 6.26. The number of nitrogens with zero attached hydrogens (tertiary/aromatic N) is 1. The Balaban J connectivity index is 1.75. The fourth-order valence-corrected chi connectivity index (χ4v) is 4.67. The Morgan fingerprint density at radius 2 is 1.77 bits per heavy atom. The molecule has 1 saturated carbocycles. The maximum Gasteiger partial charge on any atom is 0.416 e. The standard InChI is InChI=1S/C22H24F3NO3S/c1-15-6-10-20(11-7-15)30(28,29)13-12-21(27)26(19-8-9-19)16(2)17-4-3-5-18(14-17)22(23,24)25/h3-7,10-11,14,16,19H,8-9,12-13H2,1-2H3. The van der Waals surface area contributed by atoms with Gasteiger partial charge in [0.05, 0.1) is 22.3 Å². The van der Waals surface area contributed by atoms with E-state index in [0.717, 1.165) is 30.5 Å². The van der Waals surface area contributed by atoms with E-state index in [4.69, 9.17) is 0 Å². The first-order valence-electron chi connectivity index (χ1n) is 9.77. The van der Waals surface area contributed by atoms with Gasteiger partial charge in [-0.15, -0.1) is 0 Å². The van der Waals surface area contributed by atoms with Crippen LogP contribution in [0.1, 0.15) is 48.9 Å². The Bertz CT molecular complexity index is 1010. The molecule has 0 N–H and O–H groups in total. The highest BCUT2D eigenvalue weighted by Gasteiger charge is 2.37. The molecule has 0 saturated heterocycles. The molecule has 1 unspecified atom stereocenters. The van der Waals surface area contributed by atoms with E-state index in [1.807, 2.05) is 6.92 Å². The molecule has 0 spiro atoms. The van der Waals surface area contributed by atoms with Gasteiger partial charge in [-0.1, -0.05) is 29.8 Å². The van der Waals surface area contributed by atoms with E-state index in [1.54, 1.807) is 30.0 Å². The van der Waals surface area contributed by atoms with Gasteiger partial charge in [-0.2, -0.15) is 13.2 Å². The predicted molar refractivity (Wildman–Crippen MR) is 108 cm³/mol. The van der Waals surface area contributed by atoms with Crippen LogP contribution in [0.2, 0.25) is 0 Å². The molecule has 0 aliphatic heterocycles. The number of amides is 1. The highest BCUT2D eigenvalue weighted by atomic mass is 32.2. The molecular weight excluding hydrogens is 415 g/mol. The van der Waals surface area contributed by atoms with E-state index < -0.39 is 27.6 Å². The Labute approximate surface area is 174 Å². The summed E-state index contributed by atoms with van der Waals surface area (Å²) < 4.78 is 64.3. The summed E-state index contributed by atoms with van der Waals surface area (Å²) in [5.74, 6) is -0.703. The van der Waals surface area contributed by atoms with Crippen molar-refractivity contribution in [3.8, 4) is 0 Å². The highest BCUT2D eigenvalue weighted by molar-refractivity contribution is 7.91. The predicted octanol–water partition coefficient (Wildman–Crippen LogP) is 4.93. The van der Waals surface area contributed by atoms with Crippen molar-refractivity contribution in [2.24, 2.45) is 0 Å². The van der Waals surface area contributed by atoms with Gasteiger partial charge >= 0.3 is 6.18 Å². The highest BCUT2D eigenvalue weighted by Crippen LogP contribution is 2.37. The molecule has 1 fully saturated rings. The van der Waals surface area contributed by atoms with Crippen molar-refractivity contribution in [2.75, 3.05) is 5.75 Å². The van der Waals surface area contributed by atoms with E-state index >= 15 is 0 Å². The molecule has 1 amide bonds. The third kappa shape index (κ3) is 5.22. The summed E-state index contributed by atoms with van der Waals surface area (Å²) in [6, 6.07) is 10.7. The number of alkyl halides is 3. The lowest BCUT2D eigenvalue weighted by Gasteiger charge is -2.30. The molecule has 0 radical (unpaired) electrons. The summed E-state index contributed by atoms with van der Waals surface area (Å²) in [4.78, 5) is 14.6. The molecule has 162 valence electrons. The molecule has 8 heteroatoms. The van der Waals surface area contributed by atoms with E-state index in [2.05, 4.69) is 0 Å². The first kappa shape index (κ1) is 22.3. The molecule has 30 heavy (non-hydrogen) atoms. The van der Waals surface area contributed by atoms with Crippen LogP contribution in [0.4, 0.5) is 13.2 Å². The van der Waals surface area contributed by atoms with Crippen molar-refractivity contribution < 1.29 is 26.4 Å². The third-order valence-electron chi connectivity index (χ3n) is 5.31. The number of hydrogen-bond acceptors (Lipinski definition) is 3. The number of halogens is 3. The van der Waals surface area contributed by atoms with Crippen molar-refractivity contribution in [1.29, 1.82) is 0 Å². The molecule has 0 heterocycles. The Morgan fingerprint density at radius 3 is 2.33 bits per heavy atom. The van der Waals surface area contributed by atoms with E-state index in [1.165, 1.54) is 18.2 Å². The van der Waals surface area contributed by atoms with Gasteiger partial charge in [0, 0.05) is 12.5 Å². The molecule has 3 rings (SSSR count). The summed E-state index contributed by atoms with van der Waals surface area (Å²) in [6.07, 6.45) is -3.15. The average Bonchev–Trinajstić information content (AvgIpc) is 3.51. The molecule has 1 atom stereocenters. The van der Waals surface area contributed by atoms with Crippen LogP contribution in [0.25, 0.3) is 0 Å². The number of aryl methyl sites for hydroxylation is 1. The minimum Gasteiger partial charge on any atom is -0.333 e. The Morgan fingerprint density at radius 1 is 1.13 bits per heavy atom. The van der Waals surface area contributed by atoms with Gasteiger partial charge in [0.1, 0.15) is 0 Å². The summed E-state index contributed by atoms with van der Waals surface area (Å²) >= 11 is 0. The Hall–Kier alpha value is -2.35. The number of carbonyl (C=O) groups is 1. The number of hydrogen-bond donors (Lipinski definition) is 0. The van der Waals surface area contributed by atoms with Crippen LogP contribution in [0.5, 0.6) is 0 Å². The SMILES string of the molecule is Cc1ccc(S(=O)(=O)CCC(=O)N(C2CC2)C(C)c2cccc(C(F)(F)F)c2)cc1. The summed E-state index contributed by atoms with van der Waals surface area (Å²) in [7, 11) is -3.62. The zero-order valence-electron chi connectivity index (χ0n) is 16.8. The van der Waals surface area contributed by atoms with E-state index in [-0.39, 0.29) is 29.0 Å². The molecule has 2 aromatic carbocycles. The van der Waals surface area contributed by atoms with Crippen LogP contribution in [-0.2, 0) is 20.8 Å². The molecule has 0 bridgehead atoms. The van der Waals surface area contributed by atoms with Crippen molar-refractivity contribution >= 4 is 15.7 Å². The van der Waals surface area contributed by atoms with Crippen LogP contribution < -0.4 is 0 Å². The van der Waals surface area contributed by atoms with Crippen LogP contribution in [0.15, 0.2) is 53.4 Å². The topological polar surface area (TPSA) is 54.5 Å². The van der Waals surface area contributed by atoms with Crippen molar-refractivity contribution in [2.45, 2.75) is 56.3 Å². The monoisotopic (exact) mass is 439 g/mol. The molecule has 1 aliphatic rings. The largest absolute Gasteiger partial charge is 0.416 e. The van der Waals surface area contributed by atoms with Crippen LogP contribution in [-0.4, -0.2) is 31.0 Å². The molecule has 2 aromatic rings. The lowest BCUT2D eigenvalue weighted by Crippen LogP contribution is -2.36. The summed E-state index contributed by atoms with van der Waals surface area (Å²) in [5, 5.41) is 0. The van der Waals surface area contributed by atoms with Gasteiger partial charge in [-0.3, -0.25) is 4.79 Å². The van der Waals surface area contributed by atoms with Gasteiger partial charge in [-0.05, 0) is 56.5 Å². The zero-order chi connectivity index (χ0) is 22.1. The normalized spacial score (nSPS) is 15.6. The van der Waals surface area contributed by atoms with Crippen molar-refractivity contribution in [3.05, 3.63) is 65.2 Å². The summed E-state index contributed by atoms with van der Waals surface area (Å²) in [6.45, 7) is 3.53. The first-order chi connectivity index (χ1) is 14.0. The van der Waals surface area contributed by atoms with Crippen LogP contribution >= 0.6 is 0 Å². The molecular formula is C22H24F3NO3S. The molecule has 4 nitrogen and oxygen atoms in total. The van der Waals surface area contributed by atoms with Crippen molar-refractivity contribution in [3.63, 3.8) is 0 Å². The van der Waals surface area contributed by atoms with Crippen LogP contribution in [0, 0.1) is 6.92 Å². The average molecular weight is 439 g/mol. The van der Waals surface area contributed by atoms with Gasteiger partial charge in [0.25, 0.3) is 0 Å². The fraction of sp³-hybridized carbons (Fsp3) is 0.409. The number of sulfone groups is 1. The molecule has 0 aromatic heterocycles. The van der Waals surface area contributed by atoms with Gasteiger partial charge in [0.15, 0.2) is 9.84 Å². The minimum atomic E-state index is -4.47. The maximum atomic E-state index is 13.1. The van der Waals surface area contributed by atoms with Gasteiger partial charge in [0.2, 0.25) is 5.91 Å². The molecule has 1 aliphatic carbocycles. The lowest BCUT2D eigenvalue weighted by molar-refractivity contribution is -0.137. The fourth-order valence-electron chi connectivity index (χ4n) is 3.44. The third-order valence-corrected chi connectivity index (χ3v) is 7.04. The summed E-state index contributed by atoms with van der Waals surface area (Å²) in [5.41, 5.74) is 0.545. The maximum absolute atomic E-state index is 13.1. The zero-order valence-corrected chi connectivity index (χ0v) is 17.6. The van der Waals surface area contributed by atoms with Crippen LogP contribution in [0.3, 0.4) is 0 Å². The van der Waals surface area contributed by atoms with Gasteiger partial charge in [-0.25, -0.2) is 8.42 Å². The van der Waals surface area contributed by atoms with Gasteiger partial charge < -0.3 is 4.90 Å². The van der Waals surface area contributed by atoms with Crippen molar-refractivity contribution in [1.82, 2.24) is 4.90 Å². The number of rotatable bonds is 7. The van der Waals surface area contributed by atoms with E-state index in [0.29, 0.717) is 5.56 Å². The number of carbonyl (C=O) groups excluding carboxylic acids is 1. The quantitative estimate of drug-likeness (QED) is 0.615. The second-order valence-corrected chi connectivity index (χ2v) is 9.82. The lowest BCUT2D eigenvalue weighted by atomic mass is 10.0. The second kappa shape index (κ2) is 8.41. The number of benzene rings is 2. The minimum absolute atomic E-state index is 0.0656. The van der Waals surface area contributed by atoms with E-state index in [9.17, 15) is 26.4 Å².